The van der Waals surface area contributed by atoms with E-state index in [2.05, 4.69) is 67.2 Å². The van der Waals surface area contributed by atoms with Crippen LogP contribution >= 0.6 is 0 Å². The number of fused-ring (bicyclic) bond motifs is 4. The number of furan rings is 1. The Hall–Kier alpha value is -3.90. The molecule has 2 heterocycles. The van der Waals surface area contributed by atoms with Crippen molar-refractivity contribution < 1.29 is 8.98 Å². The molecule has 188 valence electrons. The fraction of sp³-hybridized carbons (Fsp3) is 0.314. The van der Waals surface area contributed by atoms with Gasteiger partial charge in [-0.15, -0.1) is 0 Å². The van der Waals surface area contributed by atoms with Gasteiger partial charge in [-0.25, -0.2) is 4.57 Å². The number of pyridine rings is 1. The van der Waals surface area contributed by atoms with E-state index >= 15 is 0 Å². The molecule has 5 aromatic rings. The SMILES string of the molecule is Cc1ccc2c(oc3c(-c4ccc(C5CCCCC5)c5c4CCC5)cc(C#N)cc32)c1-c1cccc[n+]1C. The summed E-state index contributed by atoms with van der Waals surface area (Å²) in [5, 5.41) is 12.1. The maximum absolute atomic E-state index is 10.0. The predicted octanol–water partition coefficient (Wildman–Crippen LogP) is 8.46. The third-order valence-corrected chi connectivity index (χ3v) is 9.05. The van der Waals surface area contributed by atoms with Crippen LogP contribution in [0.1, 0.15) is 72.3 Å². The molecular formula is C35H33N2O+. The summed E-state index contributed by atoms with van der Waals surface area (Å²) in [4.78, 5) is 0. The van der Waals surface area contributed by atoms with Crippen molar-refractivity contribution in [2.75, 3.05) is 0 Å². The van der Waals surface area contributed by atoms with Crippen LogP contribution in [-0.4, -0.2) is 0 Å². The van der Waals surface area contributed by atoms with Gasteiger partial charge in [0.05, 0.1) is 17.2 Å². The van der Waals surface area contributed by atoms with Crippen LogP contribution in [0.5, 0.6) is 0 Å². The van der Waals surface area contributed by atoms with Gasteiger partial charge >= 0.3 is 0 Å². The van der Waals surface area contributed by atoms with Gasteiger partial charge in [0.1, 0.15) is 18.2 Å². The highest BCUT2D eigenvalue weighted by Gasteiger charge is 2.27. The summed E-state index contributed by atoms with van der Waals surface area (Å²) < 4.78 is 8.99. The molecule has 0 unspecified atom stereocenters. The molecule has 1 fully saturated rings. The minimum atomic E-state index is 0.686. The van der Waals surface area contributed by atoms with Crippen molar-refractivity contribution in [2.45, 2.75) is 64.2 Å². The van der Waals surface area contributed by atoms with E-state index in [-0.39, 0.29) is 0 Å². The summed E-state index contributed by atoms with van der Waals surface area (Å²) in [5.41, 5.74) is 12.9. The average Bonchev–Trinajstić information content (AvgIpc) is 3.58. The number of hydrogen-bond donors (Lipinski definition) is 0. The standard InChI is InChI=1S/C35H33N2O/c1-22-14-15-29-31-20-23(21-36)19-30(34(31)38-35(29)33(22)32-13-6-7-18-37(32)2)28-17-16-25(24-9-4-3-5-10-24)26-11-8-12-27(26)28/h6-7,13-20,24H,3-5,8-12H2,1-2H3/q+1. The number of nitrogens with zero attached hydrogens (tertiary/aromatic N) is 2. The van der Waals surface area contributed by atoms with Crippen molar-refractivity contribution in [2.24, 2.45) is 7.05 Å². The van der Waals surface area contributed by atoms with Crippen LogP contribution in [0.25, 0.3) is 44.3 Å². The number of benzene rings is 3. The first kappa shape index (κ1) is 23.2. The van der Waals surface area contributed by atoms with E-state index in [4.69, 9.17) is 4.42 Å². The highest BCUT2D eigenvalue weighted by Crippen LogP contribution is 2.45. The Balaban J connectivity index is 1.49. The maximum Gasteiger partial charge on any atom is 0.216 e. The molecule has 0 atom stereocenters. The molecule has 0 bridgehead atoms. The molecule has 0 radical (unpaired) electrons. The van der Waals surface area contributed by atoms with Crippen LogP contribution in [0.4, 0.5) is 0 Å². The van der Waals surface area contributed by atoms with E-state index in [1.807, 2.05) is 18.2 Å². The monoisotopic (exact) mass is 497 g/mol. The maximum atomic E-state index is 10.0. The second kappa shape index (κ2) is 9.14. The predicted molar refractivity (Wildman–Crippen MR) is 153 cm³/mol. The van der Waals surface area contributed by atoms with Crippen LogP contribution < -0.4 is 4.57 Å². The number of aryl methyl sites for hydroxylation is 2. The van der Waals surface area contributed by atoms with Crippen molar-refractivity contribution in [3.8, 4) is 28.5 Å². The van der Waals surface area contributed by atoms with Crippen molar-refractivity contribution >= 4 is 21.9 Å². The van der Waals surface area contributed by atoms with Crippen LogP contribution in [0.15, 0.2) is 65.2 Å². The Morgan fingerprint density at radius 2 is 1.68 bits per heavy atom. The molecule has 2 aliphatic rings. The summed E-state index contributed by atoms with van der Waals surface area (Å²) in [6.45, 7) is 2.15. The summed E-state index contributed by atoms with van der Waals surface area (Å²) in [6, 6.07) is 21.8. The Bertz CT molecular complexity index is 1760. The van der Waals surface area contributed by atoms with Gasteiger partial charge in [0.25, 0.3) is 0 Å². The molecule has 0 N–H and O–H groups in total. The molecule has 0 spiro atoms. The van der Waals surface area contributed by atoms with Crippen molar-refractivity contribution in [1.82, 2.24) is 0 Å². The van der Waals surface area contributed by atoms with Crippen LogP contribution in [0.3, 0.4) is 0 Å². The molecule has 0 saturated heterocycles. The lowest BCUT2D eigenvalue weighted by Crippen LogP contribution is -2.30. The smallest absolute Gasteiger partial charge is 0.216 e. The highest BCUT2D eigenvalue weighted by atomic mass is 16.3. The zero-order valence-electron chi connectivity index (χ0n) is 22.3. The first-order chi connectivity index (χ1) is 18.6. The normalized spacial score (nSPS) is 15.7. The molecule has 3 nitrogen and oxygen atoms in total. The van der Waals surface area contributed by atoms with Gasteiger partial charge in [0, 0.05) is 28.5 Å². The van der Waals surface area contributed by atoms with Gasteiger partial charge in [-0.1, -0.05) is 43.5 Å². The molecule has 0 aliphatic heterocycles. The van der Waals surface area contributed by atoms with Crippen molar-refractivity contribution in [3.05, 3.63) is 88.6 Å². The van der Waals surface area contributed by atoms with Gasteiger partial charge in [-0.3, -0.25) is 0 Å². The molecule has 3 heteroatoms. The molecule has 3 aromatic carbocycles. The quantitative estimate of drug-likeness (QED) is 0.235. The number of aromatic nitrogens is 1. The summed E-state index contributed by atoms with van der Waals surface area (Å²) >= 11 is 0. The zero-order chi connectivity index (χ0) is 25.8. The Morgan fingerprint density at radius 3 is 2.50 bits per heavy atom. The molecule has 2 aromatic heterocycles. The van der Waals surface area contributed by atoms with E-state index < -0.39 is 0 Å². The second-order valence-corrected chi connectivity index (χ2v) is 11.3. The highest BCUT2D eigenvalue weighted by molar-refractivity contribution is 6.13. The molecule has 0 amide bonds. The molecular weight excluding hydrogens is 464 g/mol. The topological polar surface area (TPSA) is 40.8 Å². The summed E-state index contributed by atoms with van der Waals surface area (Å²) in [6.07, 6.45) is 12.3. The van der Waals surface area contributed by atoms with E-state index in [0.29, 0.717) is 11.5 Å². The first-order valence-electron chi connectivity index (χ1n) is 14.1. The Labute approximate surface area is 224 Å². The third-order valence-electron chi connectivity index (χ3n) is 9.05. The number of hydrogen-bond acceptors (Lipinski definition) is 2. The summed E-state index contributed by atoms with van der Waals surface area (Å²) in [5.74, 6) is 0.707. The van der Waals surface area contributed by atoms with Gasteiger partial charge in [0.15, 0.2) is 6.20 Å². The van der Waals surface area contributed by atoms with E-state index in [9.17, 15) is 5.26 Å². The van der Waals surface area contributed by atoms with Gasteiger partial charge in [-0.2, -0.15) is 5.26 Å². The van der Waals surface area contributed by atoms with Crippen LogP contribution in [-0.2, 0) is 19.9 Å². The largest absolute Gasteiger partial charge is 0.454 e. The van der Waals surface area contributed by atoms with Crippen molar-refractivity contribution in [1.29, 1.82) is 5.26 Å². The lowest BCUT2D eigenvalue weighted by Gasteiger charge is -2.25. The zero-order valence-corrected chi connectivity index (χ0v) is 22.3. The van der Waals surface area contributed by atoms with E-state index in [1.165, 1.54) is 61.6 Å². The molecule has 7 rings (SSSR count). The number of nitriles is 1. The average molecular weight is 498 g/mol. The molecule has 2 aliphatic carbocycles. The lowest BCUT2D eigenvalue weighted by molar-refractivity contribution is -0.660. The van der Waals surface area contributed by atoms with E-state index in [1.54, 1.807) is 11.1 Å². The second-order valence-electron chi connectivity index (χ2n) is 11.3. The fourth-order valence-corrected chi connectivity index (χ4v) is 7.19. The van der Waals surface area contributed by atoms with E-state index in [0.717, 1.165) is 45.2 Å². The first-order valence-corrected chi connectivity index (χ1v) is 14.1. The molecule has 1 saturated carbocycles. The fourth-order valence-electron chi connectivity index (χ4n) is 7.19. The number of rotatable bonds is 3. The van der Waals surface area contributed by atoms with Gasteiger partial charge < -0.3 is 4.42 Å². The van der Waals surface area contributed by atoms with Gasteiger partial charge in [-0.05, 0) is 91.0 Å². The minimum absolute atomic E-state index is 0.686. The summed E-state index contributed by atoms with van der Waals surface area (Å²) in [7, 11) is 2.08. The van der Waals surface area contributed by atoms with Crippen LogP contribution in [0.2, 0.25) is 0 Å². The van der Waals surface area contributed by atoms with Crippen molar-refractivity contribution in [3.63, 3.8) is 0 Å². The Morgan fingerprint density at radius 1 is 0.842 bits per heavy atom. The minimum Gasteiger partial charge on any atom is -0.454 e. The lowest BCUT2D eigenvalue weighted by atomic mass is 9.80. The van der Waals surface area contributed by atoms with Crippen LogP contribution in [0, 0.1) is 18.3 Å². The molecule has 38 heavy (non-hydrogen) atoms. The third kappa shape index (κ3) is 3.58. The van der Waals surface area contributed by atoms with Gasteiger partial charge in [0.2, 0.25) is 5.69 Å². The Kier molecular flexibility index (Phi) is 5.59.